The van der Waals surface area contributed by atoms with Gasteiger partial charge in [0.05, 0.1) is 5.60 Å². The summed E-state index contributed by atoms with van der Waals surface area (Å²) in [5.41, 5.74) is -0.200. The van der Waals surface area contributed by atoms with Gasteiger partial charge in [0, 0.05) is 39.2 Å². The van der Waals surface area contributed by atoms with Gasteiger partial charge in [0.1, 0.15) is 0 Å². The van der Waals surface area contributed by atoms with Crippen molar-refractivity contribution < 1.29 is 9.53 Å². The molecule has 1 rings (SSSR count). The van der Waals surface area contributed by atoms with E-state index in [0.717, 1.165) is 32.5 Å². The summed E-state index contributed by atoms with van der Waals surface area (Å²) in [6.07, 6.45) is 4.17. The van der Waals surface area contributed by atoms with Gasteiger partial charge in [0.2, 0.25) is 5.91 Å². The molecule has 1 N–H and O–H groups in total. The molecule has 1 atom stereocenters. The number of hydrogen-bond acceptors (Lipinski definition) is 3. The molecule has 0 saturated carbocycles. The highest BCUT2D eigenvalue weighted by molar-refractivity contribution is 5.76. The van der Waals surface area contributed by atoms with E-state index in [4.69, 9.17) is 4.74 Å². The van der Waals surface area contributed by atoms with E-state index in [2.05, 4.69) is 26.1 Å². The molecular weight excluding hydrogens is 228 g/mol. The van der Waals surface area contributed by atoms with Crippen LogP contribution >= 0.6 is 0 Å². The van der Waals surface area contributed by atoms with Crippen molar-refractivity contribution in [2.24, 2.45) is 0 Å². The third-order valence-electron chi connectivity index (χ3n) is 4.07. The fraction of sp³-hybridized carbons (Fsp3) is 0.929. The number of carbonyl (C=O) groups excluding carboxylic acids is 1. The van der Waals surface area contributed by atoms with Crippen LogP contribution in [0, 0.1) is 0 Å². The van der Waals surface area contributed by atoms with Crippen LogP contribution in [0.25, 0.3) is 0 Å². The van der Waals surface area contributed by atoms with E-state index >= 15 is 0 Å². The molecule has 1 aliphatic heterocycles. The van der Waals surface area contributed by atoms with Gasteiger partial charge >= 0.3 is 0 Å². The molecule has 1 amide bonds. The fourth-order valence-electron chi connectivity index (χ4n) is 2.12. The zero-order valence-corrected chi connectivity index (χ0v) is 12.3. The van der Waals surface area contributed by atoms with E-state index < -0.39 is 0 Å². The van der Waals surface area contributed by atoms with E-state index in [0.29, 0.717) is 6.42 Å². The van der Waals surface area contributed by atoms with Gasteiger partial charge in [-0.25, -0.2) is 0 Å². The van der Waals surface area contributed by atoms with Crippen molar-refractivity contribution in [3.63, 3.8) is 0 Å². The van der Waals surface area contributed by atoms with E-state index in [1.807, 2.05) is 4.90 Å². The smallest absolute Gasteiger partial charge is 0.223 e. The highest BCUT2D eigenvalue weighted by atomic mass is 16.5. The second-order valence-electron chi connectivity index (χ2n) is 5.67. The molecule has 0 aromatic rings. The van der Waals surface area contributed by atoms with E-state index in [-0.39, 0.29) is 17.6 Å². The van der Waals surface area contributed by atoms with Gasteiger partial charge in [-0.05, 0) is 40.0 Å². The third-order valence-corrected chi connectivity index (χ3v) is 4.07. The number of hydrogen-bond donors (Lipinski definition) is 1. The molecule has 1 unspecified atom stereocenters. The molecular formula is C14H28N2O2. The minimum Gasteiger partial charge on any atom is -0.377 e. The summed E-state index contributed by atoms with van der Waals surface area (Å²) in [5.74, 6) is 0.282. The SMILES string of the molecule is COC(C)(C)C(C)NCCC(=O)N1CCCCC1. The summed E-state index contributed by atoms with van der Waals surface area (Å²) in [7, 11) is 1.72. The minimum atomic E-state index is -0.200. The fourth-order valence-corrected chi connectivity index (χ4v) is 2.12. The largest absolute Gasteiger partial charge is 0.377 e. The van der Waals surface area contributed by atoms with E-state index in [1.54, 1.807) is 7.11 Å². The number of likely N-dealkylation sites (tertiary alicyclic amines) is 1. The molecule has 0 aliphatic carbocycles. The zero-order valence-electron chi connectivity index (χ0n) is 12.3. The zero-order chi connectivity index (χ0) is 13.6. The van der Waals surface area contributed by atoms with Crippen molar-refractivity contribution in [2.45, 2.75) is 58.1 Å². The summed E-state index contributed by atoms with van der Waals surface area (Å²) in [4.78, 5) is 14.0. The Labute approximate surface area is 111 Å². The van der Waals surface area contributed by atoms with Crippen molar-refractivity contribution in [2.75, 3.05) is 26.7 Å². The molecule has 1 saturated heterocycles. The van der Waals surface area contributed by atoms with Gasteiger partial charge in [-0.2, -0.15) is 0 Å². The Kier molecular flexibility index (Phi) is 6.09. The summed E-state index contributed by atoms with van der Waals surface area (Å²) < 4.78 is 5.42. The standard InChI is InChI=1S/C14H28N2O2/c1-12(14(2,3)18-4)15-9-8-13(17)16-10-6-5-7-11-16/h12,15H,5-11H2,1-4H3. The number of ether oxygens (including phenoxy) is 1. The second-order valence-corrected chi connectivity index (χ2v) is 5.67. The minimum absolute atomic E-state index is 0.200. The Morgan fingerprint density at radius 3 is 2.50 bits per heavy atom. The molecule has 1 heterocycles. The van der Waals surface area contributed by atoms with Crippen LogP contribution in [0.5, 0.6) is 0 Å². The first kappa shape index (κ1) is 15.4. The summed E-state index contributed by atoms with van der Waals surface area (Å²) in [5, 5.41) is 3.37. The number of carbonyl (C=O) groups is 1. The first-order valence-electron chi connectivity index (χ1n) is 7.03. The van der Waals surface area contributed by atoms with Crippen LogP contribution in [0.1, 0.15) is 46.5 Å². The lowest BCUT2D eigenvalue weighted by atomic mass is 10.0. The first-order chi connectivity index (χ1) is 8.47. The Hall–Kier alpha value is -0.610. The maximum absolute atomic E-state index is 12.0. The third kappa shape index (κ3) is 4.58. The monoisotopic (exact) mass is 256 g/mol. The van der Waals surface area contributed by atoms with Crippen LogP contribution in [0.2, 0.25) is 0 Å². The molecule has 0 spiro atoms. The number of rotatable bonds is 6. The number of nitrogens with one attached hydrogen (secondary N) is 1. The molecule has 0 aromatic carbocycles. The van der Waals surface area contributed by atoms with Crippen molar-refractivity contribution in [3.8, 4) is 0 Å². The molecule has 1 aliphatic rings. The highest BCUT2D eigenvalue weighted by Crippen LogP contribution is 2.13. The van der Waals surface area contributed by atoms with Gasteiger partial charge in [0.25, 0.3) is 0 Å². The molecule has 0 aromatic heterocycles. The maximum Gasteiger partial charge on any atom is 0.223 e. The van der Waals surface area contributed by atoms with E-state index in [1.165, 1.54) is 6.42 Å². The molecule has 1 fully saturated rings. The highest BCUT2D eigenvalue weighted by Gasteiger charge is 2.25. The maximum atomic E-state index is 12.0. The summed E-state index contributed by atoms with van der Waals surface area (Å²) in [6, 6.07) is 0.233. The molecule has 18 heavy (non-hydrogen) atoms. The van der Waals surface area contributed by atoms with Gasteiger partial charge < -0.3 is 15.0 Å². The molecule has 0 bridgehead atoms. The normalized spacial score (nSPS) is 18.8. The summed E-state index contributed by atoms with van der Waals surface area (Å²) in [6.45, 7) is 8.81. The van der Waals surface area contributed by atoms with Gasteiger partial charge in [0.15, 0.2) is 0 Å². The Bertz CT molecular complexity index is 261. The van der Waals surface area contributed by atoms with Gasteiger partial charge in [-0.15, -0.1) is 0 Å². The van der Waals surface area contributed by atoms with Crippen molar-refractivity contribution in [1.29, 1.82) is 0 Å². The predicted molar refractivity (Wildman–Crippen MR) is 73.6 cm³/mol. The van der Waals surface area contributed by atoms with Gasteiger partial charge in [-0.1, -0.05) is 0 Å². The van der Waals surface area contributed by atoms with Crippen molar-refractivity contribution >= 4 is 5.91 Å². The second kappa shape index (κ2) is 7.10. The number of piperidine rings is 1. The Balaban J connectivity index is 2.22. The molecule has 106 valence electrons. The van der Waals surface area contributed by atoms with Gasteiger partial charge in [-0.3, -0.25) is 4.79 Å². The molecule has 4 nitrogen and oxygen atoms in total. The lowest BCUT2D eigenvalue weighted by molar-refractivity contribution is -0.132. The van der Waals surface area contributed by atoms with Crippen LogP contribution in [0.3, 0.4) is 0 Å². The van der Waals surface area contributed by atoms with Crippen molar-refractivity contribution in [1.82, 2.24) is 10.2 Å². The van der Waals surface area contributed by atoms with Crippen LogP contribution in [-0.4, -0.2) is 49.2 Å². The number of methoxy groups -OCH3 is 1. The number of nitrogens with zero attached hydrogens (tertiary/aromatic N) is 1. The van der Waals surface area contributed by atoms with Crippen LogP contribution < -0.4 is 5.32 Å². The Morgan fingerprint density at radius 2 is 1.94 bits per heavy atom. The Morgan fingerprint density at radius 1 is 1.33 bits per heavy atom. The predicted octanol–water partition coefficient (Wildman–Crippen LogP) is 1.79. The van der Waals surface area contributed by atoms with Crippen LogP contribution in [0.15, 0.2) is 0 Å². The number of amides is 1. The summed E-state index contributed by atoms with van der Waals surface area (Å²) >= 11 is 0. The quantitative estimate of drug-likeness (QED) is 0.788. The van der Waals surface area contributed by atoms with Crippen LogP contribution in [0.4, 0.5) is 0 Å². The average Bonchev–Trinajstić information content (AvgIpc) is 2.39. The van der Waals surface area contributed by atoms with Crippen molar-refractivity contribution in [3.05, 3.63) is 0 Å². The lowest BCUT2D eigenvalue weighted by Crippen LogP contribution is -2.47. The van der Waals surface area contributed by atoms with E-state index in [9.17, 15) is 4.79 Å². The average molecular weight is 256 g/mol. The van der Waals surface area contributed by atoms with Crippen LogP contribution in [-0.2, 0) is 9.53 Å². The first-order valence-corrected chi connectivity index (χ1v) is 7.03. The topological polar surface area (TPSA) is 41.6 Å². The molecule has 0 radical (unpaired) electrons. The lowest BCUT2D eigenvalue weighted by Gasteiger charge is -2.31. The molecule has 4 heteroatoms.